The summed E-state index contributed by atoms with van der Waals surface area (Å²) in [6.45, 7) is 0. The first-order valence-corrected chi connectivity index (χ1v) is 9.77. The Labute approximate surface area is 178 Å². The third kappa shape index (κ3) is 3.53. The van der Waals surface area contributed by atoms with E-state index in [0.29, 0.717) is 34.3 Å². The second kappa shape index (κ2) is 7.79. The molecule has 7 nitrogen and oxygen atoms in total. The molecule has 0 saturated heterocycles. The first kappa shape index (κ1) is 18.6. The smallest absolute Gasteiger partial charge is 0.284 e. The number of ether oxygens (including phenoxy) is 1. The highest BCUT2D eigenvalue weighted by Gasteiger charge is 2.17. The Morgan fingerprint density at radius 2 is 1.71 bits per heavy atom. The van der Waals surface area contributed by atoms with Gasteiger partial charge in [-0.05, 0) is 29.8 Å². The molecule has 0 aliphatic heterocycles. The van der Waals surface area contributed by atoms with Crippen LogP contribution < -0.4 is 15.6 Å². The second-order valence-electron chi connectivity index (χ2n) is 6.94. The van der Waals surface area contributed by atoms with E-state index in [9.17, 15) is 4.79 Å². The Morgan fingerprint density at radius 1 is 0.935 bits per heavy atom. The zero-order chi connectivity index (χ0) is 21.2. The first-order chi connectivity index (χ1) is 15.2. The van der Waals surface area contributed by atoms with Crippen molar-refractivity contribution in [2.75, 3.05) is 12.4 Å². The number of hydrogen-bond acceptors (Lipinski definition) is 5. The largest absolute Gasteiger partial charge is 0.497 e. The maximum atomic E-state index is 13.5. The molecule has 2 N–H and O–H groups in total. The van der Waals surface area contributed by atoms with Gasteiger partial charge in [-0.15, -0.1) is 0 Å². The van der Waals surface area contributed by atoms with Crippen molar-refractivity contribution in [3.8, 4) is 28.1 Å². The van der Waals surface area contributed by atoms with Crippen LogP contribution in [0.1, 0.15) is 0 Å². The minimum Gasteiger partial charge on any atom is -0.497 e. The molecule has 0 unspecified atom stereocenters. The van der Waals surface area contributed by atoms with Gasteiger partial charge in [-0.2, -0.15) is 9.61 Å². The molecule has 0 bridgehead atoms. The normalized spacial score (nSPS) is 10.9. The van der Waals surface area contributed by atoms with Gasteiger partial charge in [0.25, 0.3) is 5.56 Å². The number of aromatic amines is 1. The maximum absolute atomic E-state index is 13.5. The van der Waals surface area contributed by atoms with Crippen LogP contribution in [0, 0.1) is 0 Å². The minimum atomic E-state index is -0.237. The molecule has 31 heavy (non-hydrogen) atoms. The molecule has 3 aromatic heterocycles. The van der Waals surface area contributed by atoms with Gasteiger partial charge in [0.15, 0.2) is 0 Å². The molecule has 0 amide bonds. The van der Waals surface area contributed by atoms with E-state index in [4.69, 9.17) is 4.74 Å². The molecule has 5 rings (SSSR count). The predicted molar refractivity (Wildman–Crippen MR) is 121 cm³/mol. The van der Waals surface area contributed by atoms with Gasteiger partial charge < -0.3 is 15.0 Å². The van der Waals surface area contributed by atoms with Crippen LogP contribution in [0.3, 0.4) is 0 Å². The van der Waals surface area contributed by atoms with Crippen LogP contribution in [0.15, 0.2) is 89.9 Å². The lowest BCUT2D eigenvalue weighted by molar-refractivity contribution is 0.415. The van der Waals surface area contributed by atoms with Crippen LogP contribution in [-0.4, -0.2) is 26.7 Å². The number of pyridine rings is 1. The summed E-state index contributed by atoms with van der Waals surface area (Å²) in [7, 11) is 1.61. The molecule has 2 aromatic carbocycles. The highest BCUT2D eigenvalue weighted by atomic mass is 16.5. The molecule has 0 aliphatic carbocycles. The molecule has 0 spiro atoms. The van der Waals surface area contributed by atoms with Crippen LogP contribution in [0.4, 0.5) is 11.6 Å². The Hall–Kier alpha value is -4.39. The quantitative estimate of drug-likeness (QED) is 0.446. The number of rotatable bonds is 5. The summed E-state index contributed by atoms with van der Waals surface area (Å²) in [5.74, 6) is 1.88. The average Bonchev–Trinajstić information content (AvgIpc) is 3.25. The van der Waals surface area contributed by atoms with Crippen molar-refractivity contribution in [1.82, 2.24) is 19.6 Å². The lowest BCUT2D eigenvalue weighted by Crippen LogP contribution is -2.19. The molecule has 3 heterocycles. The number of fused-ring (bicyclic) bond motifs is 1. The van der Waals surface area contributed by atoms with Crippen molar-refractivity contribution in [2.24, 2.45) is 0 Å². The van der Waals surface area contributed by atoms with Gasteiger partial charge in [-0.3, -0.25) is 4.79 Å². The van der Waals surface area contributed by atoms with Crippen molar-refractivity contribution < 1.29 is 4.74 Å². The Kier molecular flexibility index (Phi) is 4.68. The van der Waals surface area contributed by atoms with E-state index >= 15 is 0 Å². The predicted octanol–water partition coefficient (Wildman–Crippen LogP) is 4.50. The minimum absolute atomic E-state index is 0.237. The monoisotopic (exact) mass is 409 g/mol. The molecule has 0 fully saturated rings. The van der Waals surface area contributed by atoms with Crippen molar-refractivity contribution in [2.45, 2.75) is 0 Å². The van der Waals surface area contributed by atoms with Crippen molar-refractivity contribution in [3.05, 3.63) is 95.4 Å². The van der Waals surface area contributed by atoms with Gasteiger partial charge in [-0.1, -0.05) is 48.5 Å². The fraction of sp³-hybridized carbons (Fsp3) is 0.0417. The van der Waals surface area contributed by atoms with Crippen molar-refractivity contribution in [3.63, 3.8) is 0 Å². The standard InChI is InChI=1S/C24H19N5O2/c1-31-18-12-10-17(11-13-18)22-23(26-20-9-5-6-14-25-20)27-21-15-19(28-29(21)24(22)30)16-7-3-2-4-8-16/h2-15,27H,1H3,(H,25,26). The SMILES string of the molecule is COc1ccc(-c2c(Nc3ccccn3)[nH]c3cc(-c4ccccc4)nn3c2=O)cc1. The summed E-state index contributed by atoms with van der Waals surface area (Å²) in [5.41, 5.74) is 3.19. The van der Waals surface area contributed by atoms with Gasteiger partial charge in [0.05, 0.1) is 18.4 Å². The van der Waals surface area contributed by atoms with Crippen molar-refractivity contribution >= 4 is 17.3 Å². The van der Waals surface area contributed by atoms with Crippen LogP contribution in [0.25, 0.3) is 28.0 Å². The van der Waals surface area contributed by atoms with E-state index in [1.54, 1.807) is 13.3 Å². The molecule has 0 saturated carbocycles. The number of methoxy groups -OCH3 is 1. The van der Waals surface area contributed by atoms with E-state index < -0.39 is 0 Å². The number of aromatic nitrogens is 4. The fourth-order valence-corrected chi connectivity index (χ4v) is 3.46. The van der Waals surface area contributed by atoms with E-state index in [-0.39, 0.29) is 5.56 Å². The topological polar surface area (TPSA) is 84.3 Å². The summed E-state index contributed by atoms with van der Waals surface area (Å²) in [6, 6.07) is 24.5. The number of nitrogens with zero attached hydrogens (tertiary/aromatic N) is 3. The number of nitrogens with one attached hydrogen (secondary N) is 2. The van der Waals surface area contributed by atoms with Gasteiger partial charge >= 0.3 is 0 Å². The zero-order valence-electron chi connectivity index (χ0n) is 16.7. The third-order valence-corrected chi connectivity index (χ3v) is 4.98. The Morgan fingerprint density at radius 3 is 2.42 bits per heavy atom. The van der Waals surface area contributed by atoms with Crippen LogP contribution in [0.5, 0.6) is 5.75 Å². The summed E-state index contributed by atoms with van der Waals surface area (Å²) < 4.78 is 6.65. The number of anilines is 2. The molecule has 0 radical (unpaired) electrons. The zero-order valence-corrected chi connectivity index (χ0v) is 16.7. The summed E-state index contributed by atoms with van der Waals surface area (Å²) in [5, 5.41) is 7.80. The van der Waals surface area contributed by atoms with Crippen LogP contribution >= 0.6 is 0 Å². The van der Waals surface area contributed by atoms with Crippen molar-refractivity contribution in [1.29, 1.82) is 0 Å². The molecule has 152 valence electrons. The molecule has 0 aliphatic rings. The third-order valence-electron chi connectivity index (χ3n) is 4.98. The van der Waals surface area contributed by atoms with Gasteiger partial charge in [0, 0.05) is 17.8 Å². The highest BCUT2D eigenvalue weighted by molar-refractivity contribution is 5.79. The lowest BCUT2D eigenvalue weighted by Gasteiger charge is -2.12. The maximum Gasteiger partial charge on any atom is 0.284 e. The highest BCUT2D eigenvalue weighted by Crippen LogP contribution is 2.28. The average molecular weight is 409 g/mol. The summed E-state index contributed by atoms with van der Waals surface area (Å²) in [6.07, 6.45) is 1.69. The lowest BCUT2D eigenvalue weighted by atomic mass is 10.1. The van der Waals surface area contributed by atoms with E-state index in [2.05, 4.69) is 20.4 Å². The number of hydrogen-bond donors (Lipinski definition) is 2. The molecule has 7 heteroatoms. The van der Waals surface area contributed by atoms with Gasteiger partial charge in [-0.25, -0.2) is 4.98 Å². The van der Waals surface area contributed by atoms with Gasteiger partial charge in [0.2, 0.25) is 0 Å². The molecule has 0 atom stereocenters. The summed E-state index contributed by atoms with van der Waals surface area (Å²) >= 11 is 0. The summed E-state index contributed by atoms with van der Waals surface area (Å²) in [4.78, 5) is 21.2. The second-order valence-corrected chi connectivity index (χ2v) is 6.94. The Balaban J connectivity index is 1.72. The van der Waals surface area contributed by atoms with E-state index in [1.807, 2.05) is 78.9 Å². The Bertz CT molecular complexity index is 1390. The van der Waals surface area contributed by atoms with Gasteiger partial charge in [0.1, 0.15) is 23.0 Å². The van der Waals surface area contributed by atoms with E-state index in [1.165, 1.54) is 4.52 Å². The molecule has 5 aromatic rings. The molecular formula is C24H19N5O2. The fourth-order valence-electron chi connectivity index (χ4n) is 3.46. The first-order valence-electron chi connectivity index (χ1n) is 9.77. The van der Waals surface area contributed by atoms with E-state index in [0.717, 1.165) is 11.1 Å². The number of H-pyrrole nitrogens is 1. The van der Waals surface area contributed by atoms with Crippen LogP contribution in [-0.2, 0) is 0 Å². The van der Waals surface area contributed by atoms with Crippen LogP contribution in [0.2, 0.25) is 0 Å². The molecular weight excluding hydrogens is 390 g/mol. The number of benzene rings is 2.